The first kappa shape index (κ1) is 12.0. The topological polar surface area (TPSA) is 56.3 Å². The van der Waals surface area contributed by atoms with Crippen LogP contribution in [0.25, 0.3) is 0 Å². The Morgan fingerprint density at radius 3 is 2.76 bits per heavy atom. The largest absolute Gasteiger partial charge is 0.489 e. The van der Waals surface area contributed by atoms with Gasteiger partial charge in [0.15, 0.2) is 5.82 Å². The van der Waals surface area contributed by atoms with Crippen molar-refractivity contribution >= 4 is 5.82 Å². The van der Waals surface area contributed by atoms with Crippen LogP contribution in [-0.2, 0) is 0 Å². The maximum Gasteiger partial charge on any atom is 0.262 e. The Balaban J connectivity index is 2.16. The molecule has 0 aliphatic heterocycles. The normalized spacial score (nSPS) is 15.9. The van der Waals surface area contributed by atoms with Crippen LogP contribution < -0.4 is 14.8 Å². The Morgan fingerprint density at radius 1 is 1.35 bits per heavy atom. The molecule has 5 nitrogen and oxygen atoms in total. The van der Waals surface area contributed by atoms with E-state index in [4.69, 9.17) is 9.47 Å². The van der Waals surface area contributed by atoms with Crippen LogP contribution in [0.5, 0.6) is 11.6 Å². The fraction of sp³-hybridized carbons (Fsp3) is 0.667. The molecule has 0 radical (unpaired) electrons. The zero-order chi connectivity index (χ0) is 12.1. The number of rotatable bonds is 5. The van der Waals surface area contributed by atoms with Gasteiger partial charge in [-0.15, -0.1) is 0 Å². The molecule has 1 saturated carbocycles. The van der Waals surface area contributed by atoms with Crippen molar-refractivity contribution in [3.63, 3.8) is 0 Å². The predicted molar refractivity (Wildman–Crippen MR) is 65.6 cm³/mol. The molecule has 1 aliphatic carbocycles. The summed E-state index contributed by atoms with van der Waals surface area (Å²) >= 11 is 0. The molecule has 0 atom stereocenters. The average Bonchev–Trinajstić information content (AvgIpc) is 2.83. The molecular weight excluding hydrogens is 218 g/mol. The SMILES string of the molecule is CCNc1ncnc(OC2CCCC2)c1OC. The molecule has 0 unspecified atom stereocenters. The molecule has 1 N–H and O–H groups in total. The van der Waals surface area contributed by atoms with Crippen molar-refractivity contribution in [2.24, 2.45) is 0 Å². The summed E-state index contributed by atoms with van der Waals surface area (Å²) < 4.78 is 11.2. The summed E-state index contributed by atoms with van der Waals surface area (Å²) in [4.78, 5) is 8.30. The van der Waals surface area contributed by atoms with Gasteiger partial charge in [0.05, 0.1) is 7.11 Å². The molecule has 1 heterocycles. The summed E-state index contributed by atoms with van der Waals surface area (Å²) in [7, 11) is 1.61. The van der Waals surface area contributed by atoms with Crippen molar-refractivity contribution in [1.29, 1.82) is 0 Å². The van der Waals surface area contributed by atoms with Gasteiger partial charge in [0.25, 0.3) is 5.88 Å². The molecule has 5 heteroatoms. The molecular formula is C12H19N3O2. The van der Waals surface area contributed by atoms with Crippen LogP contribution in [0.4, 0.5) is 5.82 Å². The standard InChI is InChI=1S/C12H19N3O2/c1-3-13-11-10(16-2)12(15-8-14-11)17-9-6-4-5-7-9/h8-9H,3-7H2,1-2H3,(H,13,14,15). The van der Waals surface area contributed by atoms with E-state index < -0.39 is 0 Å². The van der Waals surface area contributed by atoms with Crippen LogP contribution >= 0.6 is 0 Å². The van der Waals surface area contributed by atoms with E-state index in [1.165, 1.54) is 19.2 Å². The highest BCUT2D eigenvalue weighted by atomic mass is 16.5. The Morgan fingerprint density at radius 2 is 2.12 bits per heavy atom. The first-order valence-electron chi connectivity index (χ1n) is 6.14. The van der Waals surface area contributed by atoms with Crippen LogP contribution in [0.3, 0.4) is 0 Å². The number of aromatic nitrogens is 2. The van der Waals surface area contributed by atoms with Crippen molar-refractivity contribution in [3.8, 4) is 11.6 Å². The van der Waals surface area contributed by atoms with E-state index in [0.717, 1.165) is 19.4 Å². The summed E-state index contributed by atoms with van der Waals surface area (Å²) in [5.41, 5.74) is 0. The van der Waals surface area contributed by atoms with Crippen LogP contribution in [0.2, 0.25) is 0 Å². The lowest BCUT2D eigenvalue weighted by Gasteiger charge is -2.16. The molecule has 0 bridgehead atoms. The van der Waals surface area contributed by atoms with Gasteiger partial charge in [0, 0.05) is 6.54 Å². The molecule has 2 rings (SSSR count). The van der Waals surface area contributed by atoms with Gasteiger partial charge < -0.3 is 14.8 Å². The second-order valence-corrected chi connectivity index (χ2v) is 4.12. The van der Waals surface area contributed by atoms with Crippen molar-refractivity contribution in [2.75, 3.05) is 19.0 Å². The molecule has 1 fully saturated rings. The predicted octanol–water partition coefficient (Wildman–Crippen LogP) is 2.24. The van der Waals surface area contributed by atoms with Crippen LogP contribution in [-0.4, -0.2) is 29.7 Å². The second kappa shape index (κ2) is 5.70. The summed E-state index contributed by atoms with van der Waals surface area (Å²) in [5.74, 6) is 1.84. The second-order valence-electron chi connectivity index (χ2n) is 4.12. The lowest BCUT2D eigenvalue weighted by molar-refractivity contribution is 0.191. The lowest BCUT2D eigenvalue weighted by Crippen LogP contribution is -2.14. The minimum Gasteiger partial charge on any atom is -0.489 e. The third kappa shape index (κ3) is 2.78. The van der Waals surface area contributed by atoms with Crippen LogP contribution in [0, 0.1) is 0 Å². The highest BCUT2D eigenvalue weighted by Gasteiger charge is 2.21. The summed E-state index contributed by atoms with van der Waals surface area (Å²) in [6, 6.07) is 0. The first-order valence-corrected chi connectivity index (χ1v) is 6.14. The molecule has 1 aromatic rings. The fourth-order valence-electron chi connectivity index (χ4n) is 2.08. The zero-order valence-electron chi connectivity index (χ0n) is 10.4. The van der Waals surface area contributed by atoms with Crippen LogP contribution in [0.15, 0.2) is 6.33 Å². The van der Waals surface area contributed by atoms with Crippen molar-refractivity contribution in [2.45, 2.75) is 38.7 Å². The monoisotopic (exact) mass is 237 g/mol. The molecule has 0 spiro atoms. The number of hydrogen-bond acceptors (Lipinski definition) is 5. The number of nitrogens with one attached hydrogen (secondary N) is 1. The van der Waals surface area contributed by atoms with E-state index in [2.05, 4.69) is 15.3 Å². The van der Waals surface area contributed by atoms with E-state index in [-0.39, 0.29) is 6.10 Å². The number of ether oxygens (including phenoxy) is 2. The Hall–Kier alpha value is -1.52. The fourth-order valence-corrected chi connectivity index (χ4v) is 2.08. The highest BCUT2D eigenvalue weighted by Crippen LogP contribution is 2.33. The van der Waals surface area contributed by atoms with Gasteiger partial charge in [-0.1, -0.05) is 0 Å². The number of methoxy groups -OCH3 is 1. The Bertz CT molecular complexity index is 365. The molecule has 0 amide bonds. The average molecular weight is 237 g/mol. The molecule has 1 aliphatic rings. The first-order chi connectivity index (χ1) is 8.35. The highest BCUT2D eigenvalue weighted by molar-refractivity contribution is 5.54. The van der Waals surface area contributed by atoms with E-state index in [1.54, 1.807) is 7.11 Å². The summed E-state index contributed by atoms with van der Waals surface area (Å²) in [5, 5.41) is 3.14. The zero-order valence-corrected chi connectivity index (χ0v) is 10.4. The molecule has 0 aromatic carbocycles. The maximum atomic E-state index is 5.87. The van der Waals surface area contributed by atoms with Gasteiger partial charge in [-0.05, 0) is 32.6 Å². The van der Waals surface area contributed by atoms with Crippen molar-refractivity contribution < 1.29 is 9.47 Å². The van der Waals surface area contributed by atoms with Gasteiger partial charge in [-0.2, -0.15) is 4.98 Å². The number of hydrogen-bond donors (Lipinski definition) is 1. The van der Waals surface area contributed by atoms with Crippen molar-refractivity contribution in [1.82, 2.24) is 9.97 Å². The van der Waals surface area contributed by atoms with Gasteiger partial charge >= 0.3 is 0 Å². The number of anilines is 1. The quantitative estimate of drug-likeness (QED) is 0.851. The summed E-state index contributed by atoms with van der Waals surface area (Å²) in [6.45, 7) is 2.80. The molecule has 0 saturated heterocycles. The van der Waals surface area contributed by atoms with Gasteiger partial charge in [-0.3, -0.25) is 0 Å². The van der Waals surface area contributed by atoms with E-state index in [0.29, 0.717) is 17.4 Å². The minimum absolute atomic E-state index is 0.272. The van der Waals surface area contributed by atoms with E-state index >= 15 is 0 Å². The van der Waals surface area contributed by atoms with Gasteiger partial charge in [-0.25, -0.2) is 4.98 Å². The van der Waals surface area contributed by atoms with E-state index in [1.807, 2.05) is 6.92 Å². The van der Waals surface area contributed by atoms with Crippen molar-refractivity contribution in [3.05, 3.63) is 6.33 Å². The molecule has 1 aromatic heterocycles. The van der Waals surface area contributed by atoms with E-state index in [9.17, 15) is 0 Å². The van der Waals surface area contributed by atoms with Crippen LogP contribution in [0.1, 0.15) is 32.6 Å². The Kier molecular flexibility index (Phi) is 4.01. The number of nitrogens with zero attached hydrogens (tertiary/aromatic N) is 2. The molecule has 17 heavy (non-hydrogen) atoms. The lowest BCUT2D eigenvalue weighted by atomic mass is 10.3. The summed E-state index contributed by atoms with van der Waals surface area (Å²) in [6.07, 6.45) is 6.45. The maximum absolute atomic E-state index is 5.87. The van der Waals surface area contributed by atoms with Gasteiger partial charge in [0.1, 0.15) is 12.4 Å². The third-order valence-corrected chi connectivity index (χ3v) is 2.90. The van der Waals surface area contributed by atoms with Gasteiger partial charge in [0.2, 0.25) is 5.75 Å². The minimum atomic E-state index is 0.272. The smallest absolute Gasteiger partial charge is 0.262 e. The third-order valence-electron chi connectivity index (χ3n) is 2.90. The molecule has 94 valence electrons. The Labute approximate surface area is 102 Å².